The zero-order valence-electron chi connectivity index (χ0n) is 21.0. The smallest absolute Gasteiger partial charge is 0.294 e. The molecule has 0 saturated heterocycles. The number of rotatable bonds is 10. The van der Waals surface area contributed by atoms with Gasteiger partial charge in [0, 0.05) is 49.1 Å². The van der Waals surface area contributed by atoms with Gasteiger partial charge in [0.05, 0.1) is 17.7 Å². The predicted molar refractivity (Wildman–Crippen MR) is 146 cm³/mol. The van der Waals surface area contributed by atoms with E-state index in [0.717, 1.165) is 6.54 Å². The molecule has 0 bridgehead atoms. The number of benzene rings is 2. The minimum absolute atomic E-state index is 0.0896. The average Bonchev–Trinajstić information content (AvgIpc) is 3.37. The molecular formula is C24H24ClFN8O3S. The van der Waals surface area contributed by atoms with Crippen molar-refractivity contribution in [1.82, 2.24) is 25.1 Å². The Kier molecular flexibility index (Phi) is 8.29. The van der Waals surface area contributed by atoms with E-state index in [1.807, 2.05) is 19.0 Å². The summed E-state index contributed by atoms with van der Waals surface area (Å²) >= 11 is 7.17. The number of nitro groups is 1. The average molecular weight is 559 g/mol. The molecule has 0 aliphatic carbocycles. The topological polar surface area (TPSA) is 122 Å². The van der Waals surface area contributed by atoms with E-state index in [-0.39, 0.29) is 16.7 Å². The van der Waals surface area contributed by atoms with Crippen LogP contribution >= 0.6 is 22.9 Å². The lowest BCUT2D eigenvalue weighted by molar-refractivity contribution is -0.384. The highest BCUT2D eigenvalue weighted by molar-refractivity contribution is 7.17. The summed E-state index contributed by atoms with van der Waals surface area (Å²) in [4.78, 5) is 24.0. The summed E-state index contributed by atoms with van der Waals surface area (Å²) in [5.41, 5.74) is 1.62. The Balaban J connectivity index is 1.63. The third-order valence-electron chi connectivity index (χ3n) is 5.44. The normalized spacial score (nSPS) is 11.0. The predicted octanol–water partition coefficient (Wildman–Crippen LogP) is 5.11. The van der Waals surface area contributed by atoms with Crippen LogP contribution in [-0.2, 0) is 0 Å². The van der Waals surface area contributed by atoms with Gasteiger partial charge in [0.2, 0.25) is 5.95 Å². The standard InChI is InChI=1S/C24H24ClFN8O3S/c1-32(2)7-8-33(3)19-13-21(37-4)18(12-20(19)34(35)36)29-24-27-6-5-17(28-24)23-31-30-22(38-23)14-9-15(25)11-16(26)10-14/h5-6,9-13H,7-8H2,1-4H3,(H,27,28,29). The first-order chi connectivity index (χ1) is 18.1. The summed E-state index contributed by atoms with van der Waals surface area (Å²) in [7, 11) is 7.14. The molecule has 0 aliphatic heterocycles. The van der Waals surface area contributed by atoms with E-state index in [0.29, 0.717) is 44.9 Å². The maximum absolute atomic E-state index is 13.8. The van der Waals surface area contributed by atoms with Crippen LogP contribution in [0.5, 0.6) is 5.75 Å². The molecule has 0 fully saturated rings. The van der Waals surface area contributed by atoms with Gasteiger partial charge in [-0.15, -0.1) is 10.2 Å². The van der Waals surface area contributed by atoms with Gasteiger partial charge >= 0.3 is 0 Å². The molecule has 38 heavy (non-hydrogen) atoms. The van der Waals surface area contributed by atoms with E-state index < -0.39 is 10.7 Å². The maximum atomic E-state index is 13.8. The first kappa shape index (κ1) is 27.1. The summed E-state index contributed by atoms with van der Waals surface area (Å²) in [6.45, 7) is 1.30. The SMILES string of the molecule is COc1cc(N(C)CCN(C)C)c([N+](=O)[O-])cc1Nc1nccc(-c2nnc(-c3cc(F)cc(Cl)c3)s2)n1. The minimum atomic E-state index is -0.476. The summed E-state index contributed by atoms with van der Waals surface area (Å²) in [5, 5.41) is 24.4. The maximum Gasteiger partial charge on any atom is 0.294 e. The van der Waals surface area contributed by atoms with Gasteiger partial charge in [0.25, 0.3) is 5.69 Å². The number of hydrogen-bond acceptors (Lipinski definition) is 11. The molecule has 0 radical (unpaired) electrons. The molecule has 14 heteroatoms. The second-order valence-corrected chi connectivity index (χ2v) is 9.90. The van der Waals surface area contributed by atoms with Crippen molar-refractivity contribution in [2.24, 2.45) is 0 Å². The molecule has 198 valence electrons. The van der Waals surface area contributed by atoms with Crippen LogP contribution in [0.3, 0.4) is 0 Å². The highest BCUT2D eigenvalue weighted by Crippen LogP contribution is 2.39. The Morgan fingerprint density at radius 2 is 1.89 bits per heavy atom. The number of aromatic nitrogens is 4. The molecule has 2 aromatic carbocycles. The van der Waals surface area contributed by atoms with Crippen LogP contribution in [0.15, 0.2) is 42.6 Å². The van der Waals surface area contributed by atoms with Crippen LogP contribution in [0.4, 0.5) is 27.4 Å². The fourth-order valence-corrected chi connectivity index (χ4v) is 4.55. The van der Waals surface area contributed by atoms with Crippen molar-refractivity contribution in [2.75, 3.05) is 51.6 Å². The number of hydrogen-bond donors (Lipinski definition) is 1. The molecule has 0 aliphatic rings. The van der Waals surface area contributed by atoms with E-state index in [1.54, 1.807) is 30.1 Å². The molecule has 2 heterocycles. The van der Waals surface area contributed by atoms with Crippen molar-refractivity contribution in [3.05, 3.63) is 63.5 Å². The molecule has 0 saturated carbocycles. The van der Waals surface area contributed by atoms with Crippen LogP contribution in [0.2, 0.25) is 5.02 Å². The number of nitrogens with one attached hydrogen (secondary N) is 1. The van der Waals surface area contributed by atoms with Crippen LogP contribution in [0, 0.1) is 15.9 Å². The van der Waals surface area contributed by atoms with Crippen LogP contribution in [0.1, 0.15) is 0 Å². The van der Waals surface area contributed by atoms with Gasteiger partial charge < -0.3 is 19.9 Å². The summed E-state index contributed by atoms with van der Waals surface area (Å²) in [6, 6.07) is 8.79. The van der Waals surface area contributed by atoms with Crippen molar-refractivity contribution in [1.29, 1.82) is 0 Å². The Bertz CT molecular complexity index is 1450. The summed E-state index contributed by atoms with van der Waals surface area (Å²) in [6.07, 6.45) is 1.52. The summed E-state index contributed by atoms with van der Waals surface area (Å²) < 4.78 is 19.3. The fourth-order valence-electron chi connectivity index (χ4n) is 3.53. The van der Waals surface area contributed by atoms with Crippen molar-refractivity contribution in [2.45, 2.75) is 0 Å². The van der Waals surface area contributed by atoms with Crippen molar-refractivity contribution >= 4 is 45.9 Å². The Labute approximate surface area is 227 Å². The van der Waals surface area contributed by atoms with Gasteiger partial charge in [-0.05, 0) is 38.4 Å². The second kappa shape index (κ2) is 11.6. The quantitative estimate of drug-likeness (QED) is 0.207. The minimum Gasteiger partial charge on any atom is -0.494 e. The molecule has 0 unspecified atom stereocenters. The van der Waals surface area contributed by atoms with Crippen molar-refractivity contribution < 1.29 is 14.1 Å². The number of halogens is 2. The lowest BCUT2D eigenvalue weighted by Crippen LogP contribution is -2.28. The number of nitrogens with zero attached hydrogens (tertiary/aromatic N) is 7. The van der Waals surface area contributed by atoms with Crippen LogP contribution < -0.4 is 15.0 Å². The molecule has 4 aromatic rings. The molecule has 0 amide bonds. The highest BCUT2D eigenvalue weighted by atomic mass is 35.5. The first-order valence-electron chi connectivity index (χ1n) is 11.3. The molecule has 2 aromatic heterocycles. The monoisotopic (exact) mass is 558 g/mol. The van der Waals surface area contributed by atoms with Gasteiger partial charge in [-0.25, -0.2) is 14.4 Å². The molecule has 1 N–H and O–H groups in total. The fraction of sp³-hybridized carbons (Fsp3) is 0.250. The molecule has 0 spiro atoms. The second-order valence-electron chi connectivity index (χ2n) is 8.48. The summed E-state index contributed by atoms with van der Waals surface area (Å²) in [5.74, 6) is 0.0857. The Hall–Kier alpha value is -3.94. The van der Waals surface area contributed by atoms with E-state index in [9.17, 15) is 14.5 Å². The van der Waals surface area contributed by atoms with Gasteiger partial charge in [0.15, 0.2) is 5.01 Å². The lowest BCUT2D eigenvalue weighted by atomic mass is 10.2. The third kappa shape index (κ3) is 6.30. The van der Waals surface area contributed by atoms with Crippen molar-refractivity contribution in [3.8, 4) is 27.0 Å². The number of ether oxygens (including phenoxy) is 1. The number of nitro benzene ring substituents is 1. The Morgan fingerprint density at radius 3 is 2.58 bits per heavy atom. The van der Waals surface area contributed by atoms with Gasteiger partial charge in [-0.1, -0.05) is 22.9 Å². The third-order valence-corrected chi connectivity index (χ3v) is 6.66. The lowest BCUT2D eigenvalue weighted by Gasteiger charge is -2.22. The van der Waals surface area contributed by atoms with E-state index in [1.165, 1.54) is 42.8 Å². The first-order valence-corrected chi connectivity index (χ1v) is 12.5. The Morgan fingerprint density at radius 1 is 1.13 bits per heavy atom. The zero-order valence-corrected chi connectivity index (χ0v) is 22.5. The number of anilines is 3. The number of likely N-dealkylation sites (N-methyl/N-ethyl adjacent to an activating group) is 2. The van der Waals surface area contributed by atoms with E-state index >= 15 is 0 Å². The largest absolute Gasteiger partial charge is 0.494 e. The van der Waals surface area contributed by atoms with E-state index in [4.69, 9.17) is 16.3 Å². The van der Waals surface area contributed by atoms with Gasteiger partial charge in [0.1, 0.15) is 28.0 Å². The molecule has 11 nitrogen and oxygen atoms in total. The highest BCUT2D eigenvalue weighted by Gasteiger charge is 2.22. The number of methoxy groups -OCH3 is 1. The van der Waals surface area contributed by atoms with Crippen LogP contribution in [-0.4, -0.2) is 71.3 Å². The van der Waals surface area contributed by atoms with Crippen molar-refractivity contribution in [3.63, 3.8) is 0 Å². The molecule has 4 rings (SSSR count). The van der Waals surface area contributed by atoms with Gasteiger partial charge in [-0.3, -0.25) is 10.1 Å². The molecular weight excluding hydrogens is 535 g/mol. The molecule has 0 atom stereocenters. The van der Waals surface area contributed by atoms with Crippen LogP contribution in [0.25, 0.3) is 21.3 Å². The zero-order chi connectivity index (χ0) is 27.4. The van der Waals surface area contributed by atoms with E-state index in [2.05, 4.69) is 25.5 Å². The van der Waals surface area contributed by atoms with Gasteiger partial charge in [-0.2, -0.15) is 0 Å².